The van der Waals surface area contributed by atoms with Crippen LogP contribution in [-0.2, 0) is 6.54 Å². The molecule has 4 nitrogen and oxygen atoms in total. The van der Waals surface area contributed by atoms with E-state index in [-0.39, 0.29) is 0 Å². The number of hydrogen-bond acceptors (Lipinski definition) is 3. The highest BCUT2D eigenvalue weighted by Crippen LogP contribution is 2.35. The lowest BCUT2D eigenvalue weighted by atomic mass is 10.1. The van der Waals surface area contributed by atoms with E-state index in [0.717, 1.165) is 36.1 Å². The van der Waals surface area contributed by atoms with Crippen LogP contribution in [0.25, 0.3) is 0 Å². The lowest BCUT2D eigenvalue weighted by Crippen LogP contribution is -2.22. The number of anilines is 2. The van der Waals surface area contributed by atoms with Crippen molar-refractivity contribution in [1.29, 1.82) is 0 Å². The molecule has 1 saturated carbocycles. The van der Waals surface area contributed by atoms with Crippen LogP contribution < -0.4 is 11.1 Å². The summed E-state index contributed by atoms with van der Waals surface area (Å²) in [6.45, 7) is 7.16. The number of hydrogen-bond donors (Lipinski definition) is 2. The van der Waals surface area contributed by atoms with E-state index in [0.29, 0.717) is 6.04 Å². The molecule has 1 atom stereocenters. The fourth-order valence-electron chi connectivity index (χ4n) is 2.25. The Hall–Kier alpha value is -1.19. The van der Waals surface area contributed by atoms with Crippen LogP contribution in [0.2, 0.25) is 0 Å². The highest BCUT2D eigenvalue weighted by molar-refractivity contribution is 5.65. The Kier molecular flexibility index (Phi) is 3.60. The summed E-state index contributed by atoms with van der Waals surface area (Å²) < 4.78 is 1.97. The van der Waals surface area contributed by atoms with Gasteiger partial charge in [-0.3, -0.25) is 0 Å². The van der Waals surface area contributed by atoms with Gasteiger partial charge in [-0.1, -0.05) is 19.8 Å². The number of nitrogens with zero attached hydrogens (tertiary/aromatic N) is 2. The molecule has 1 unspecified atom stereocenters. The fraction of sp³-hybridized carbons (Fsp3) is 0.769. The molecule has 4 heteroatoms. The molecule has 96 valence electrons. The van der Waals surface area contributed by atoms with Gasteiger partial charge in [-0.25, -0.2) is 4.68 Å². The predicted molar refractivity (Wildman–Crippen MR) is 72.1 cm³/mol. The Morgan fingerprint density at radius 1 is 1.47 bits per heavy atom. The van der Waals surface area contributed by atoms with E-state index in [2.05, 4.69) is 24.3 Å². The third kappa shape index (κ3) is 2.73. The number of aryl methyl sites for hydroxylation is 2. The summed E-state index contributed by atoms with van der Waals surface area (Å²) in [6.07, 6.45) is 5.22. The first-order chi connectivity index (χ1) is 8.15. The van der Waals surface area contributed by atoms with Crippen molar-refractivity contribution in [2.45, 2.75) is 59.0 Å². The van der Waals surface area contributed by atoms with Crippen LogP contribution in [0.1, 0.15) is 45.2 Å². The summed E-state index contributed by atoms with van der Waals surface area (Å²) in [5.41, 5.74) is 7.82. The number of aromatic nitrogens is 2. The molecule has 0 aliphatic heterocycles. The second kappa shape index (κ2) is 4.98. The largest absolute Gasteiger partial charge is 0.394 e. The van der Waals surface area contributed by atoms with Gasteiger partial charge in [-0.15, -0.1) is 0 Å². The average Bonchev–Trinajstić information content (AvgIpc) is 3.10. The van der Waals surface area contributed by atoms with Gasteiger partial charge in [0.25, 0.3) is 0 Å². The van der Waals surface area contributed by atoms with Gasteiger partial charge in [-0.2, -0.15) is 5.10 Å². The molecule has 0 spiro atoms. The van der Waals surface area contributed by atoms with Gasteiger partial charge >= 0.3 is 0 Å². The third-order valence-corrected chi connectivity index (χ3v) is 3.62. The number of nitrogens with one attached hydrogen (secondary N) is 1. The van der Waals surface area contributed by atoms with Crippen molar-refractivity contribution in [1.82, 2.24) is 9.78 Å². The van der Waals surface area contributed by atoms with Crippen LogP contribution in [0.3, 0.4) is 0 Å². The van der Waals surface area contributed by atoms with Crippen LogP contribution in [0.15, 0.2) is 0 Å². The molecule has 0 bridgehead atoms. The van der Waals surface area contributed by atoms with Gasteiger partial charge in [0.05, 0.1) is 11.4 Å². The van der Waals surface area contributed by atoms with Crippen LogP contribution in [0.4, 0.5) is 11.5 Å². The molecular weight excluding hydrogens is 212 g/mol. The second-order valence-electron chi connectivity index (χ2n) is 5.09. The summed E-state index contributed by atoms with van der Waals surface area (Å²) in [4.78, 5) is 0. The molecule has 17 heavy (non-hydrogen) atoms. The summed E-state index contributed by atoms with van der Waals surface area (Å²) in [5.74, 6) is 1.95. The molecule has 2 rings (SSSR count). The van der Waals surface area contributed by atoms with Crippen LogP contribution in [0, 0.1) is 12.8 Å². The zero-order chi connectivity index (χ0) is 12.4. The highest BCUT2D eigenvalue weighted by atomic mass is 15.3. The molecule has 0 aromatic carbocycles. The number of nitrogens with two attached hydrogens (primary N) is 1. The Labute approximate surface area is 104 Å². The zero-order valence-electron chi connectivity index (χ0n) is 11.2. The van der Waals surface area contributed by atoms with Gasteiger partial charge < -0.3 is 11.1 Å². The lowest BCUT2D eigenvalue weighted by Gasteiger charge is -2.19. The molecule has 1 aromatic rings. The zero-order valence-corrected chi connectivity index (χ0v) is 11.2. The van der Waals surface area contributed by atoms with E-state index in [1.807, 2.05) is 11.6 Å². The van der Waals surface area contributed by atoms with Gasteiger partial charge in [0, 0.05) is 12.6 Å². The normalized spacial score (nSPS) is 17.1. The Bertz CT molecular complexity index is 379. The first-order valence-electron chi connectivity index (χ1n) is 6.75. The molecule has 1 aromatic heterocycles. The van der Waals surface area contributed by atoms with Gasteiger partial charge in [0.1, 0.15) is 5.82 Å². The van der Waals surface area contributed by atoms with E-state index in [9.17, 15) is 0 Å². The third-order valence-electron chi connectivity index (χ3n) is 3.62. The van der Waals surface area contributed by atoms with E-state index >= 15 is 0 Å². The summed E-state index contributed by atoms with van der Waals surface area (Å²) >= 11 is 0. The SMILES string of the molecule is CCC(CC1CC1)Nc1c(N)c(C)nn1CC. The van der Waals surface area contributed by atoms with Crippen molar-refractivity contribution in [3.05, 3.63) is 5.69 Å². The minimum Gasteiger partial charge on any atom is -0.394 e. The maximum absolute atomic E-state index is 6.08. The van der Waals surface area contributed by atoms with Crippen molar-refractivity contribution in [3.8, 4) is 0 Å². The molecule has 0 saturated heterocycles. The molecule has 1 fully saturated rings. The first kappa shape index (κ1) is 12.3. The van der Waals surface area contributed by atoms with Crippen molar-refractivity contribution >= 4 is 11.5 Å². The topological polar surface area (TPSA) is 55.9 Å². The molecule has 1 heterocycles. The van der Waals surface area contributed by atoms with E-state index in [4.69, 9.17) is 5.73 Å². The van der Waals surface area contributed by atoms with Crippen molar-refractivity contribution in [3.63, 3.8) is 0 Å². The lowest BCUT2D eigenvalue weighted by molar-refractivity contribution is 0.572. The smallest absolute Gasteiger partial charge is 0.148 e. The standard InChI is InChI=1S/C13H24N4/c1-4-11(8-10-6-7-10)15-13-12(14)9(3)16-17(13)5-2/h10-11,15H,4-8,14H2,1-3H3. The van der Waals surface area contributed by atoms with Crippen molar-refractivity contribution < 1.29 is 0 Å². The van der Waals surface area contributed by atoms with E-state index in [1.54, 1.807) is 0 Å². The second-order valence-corrected chi connectivity index (χ2v) is 5.09. The van der Waals surface area contributed by atoms with E-state index in [1.165, 1.54) is 19.3 Å². The van der Waals surface area contributed by atoms with Gasteiger partial charge in [0.2, 0.25) is 0 Å². The van der Waals surface area contributed by atoms with Crippen LogP contribution in [0.5, 0.6) is 0 Å². The predicted octanol–water partition coefficient (Wildman–Crippen LogP) is 2.78. The first-order valence-corrected chi connectivity index (χ1v) is 6.75. The Morgan fingerprint density at radius 3 is 2.71 bits per heavy atom. The maximum atomic E-state index is 6.08. The monoisotopic (exact) mass is 236 g/mol. The van der Waals surface area contributed by atoms with E-state index < -0.39 is 0 Å². The summed E-state index contributed by atoms with van der Waals surface area (Å²) in [7, 11) is 0. The molecule has 3 N–H and O–H groups in total. The Morgan fingerprint density at radius 2 is 2.18 bits per heavy atom. The Balaban J connectivity index is 2.09. The number of rotatable bonds is 6. The minimum absolute atomic E-state index is 0.534. The highest BCUT2D eigenvalue weighted by Gasteiger charge is 2.25. The van der Waals surface area contributed by atoms with Gasteiger partial charge in [-0.05, 0) is 32.6 Å². The van der Waals surface area contributed by atoms with Gasteiger partial charge in [0.15, 0.2) is 0 Å². The maximum Gasteiger partial charge on any atom is 0.148 e. The van der Waals surface area contributed by atoms with Crippen molar-refractivity contribution in [2.24, 2.45) is 5.92 Å². The van der Waals surface area contributed by atoms with Crippen LogP contribution in [-0.4, -0.2) is 15.8 Å². The molecule has 0 radical (unpaired) electrons. The summed E-state index contributed by atoms with van der Waals surface area (Å²) in [6, 6.07) is 0.534. The van der Waals surface area contributed by atoms with Crippen molar-refractivity contribution in [2.75, 3.05) is 11.1 Å². The van der Waals surface area contributed by atoms with Crippen LogP contribution >= 0.6 is 0 Å². The fourth-order valence-corrected chi connectivity index (χ4v) is 2.25. The average molecular weight is 236 g/mol. The summed E-state index contributed by atoms with van der Waals surface area (Å²) in [5, 5.41) is 8.02. The molecule has 1 aliphatic carbocycles. The molecular formula is C13H24N4. The quantitative estimate of drug-likeness (QED) is 0.798. The molecule has 1 aliphatic rings. The molecule has 0 amide bonds. The number of nitrogen functional groups attached to an aromatic ring is 1. The minimum atomic E-state index is 0.534.